The first-order valence-corrected chi connectivity index (χ1v) is 9.95. The van der Waals surface area contributed by atoms with E-state index in [2.05, 4.69) is 0 Å². The third kappa shape index (κ3) is 3.60. The monoisotopic (exact) mass is 336 g/mol. The fraction of sp³-hybridized carbons (Fsp3) is 0.143. The maximum absolute atomic E-state index is 13.9. The summed E-state index contributed by atoms with van der Waals surface area (Å²) in [4.78, 5) is 0. The first kappa shape index (κ1) is 16.5. The van der Waals surface area contributed by atoms with Crippen LogP contribution in [-0.2, 0) is 11.0 Å². The zero-order valence-corrected chi connectivity index (χ0v) is 14.7. The molecule has 24 heavy (non-hydrogen) atoms. The molecule has 0 bridgehead atoms. The summed E-state index contributed by atoms with van der Waals surface area (Å²) in [6.45, 7) is 0. The molecule has 0 spiro atoms. The van der Waals surface area contributed by atoms with E-state index in [1.165, 1.54) is 5.56 Å². The molecule has 0 radical (unpaired) electrons. The zero-order valence-electron chi connectivity index (χ0n) is 13.8. The number of hydrogen-bond acceptors (Lipinski definition) is 2. The highest BCUT2D eigenvalue weighted by Gasteiger charge is 2.26. The highest BCUT2D eigenvalue weighted by Crippen LogP contribution is 2.43. The third-order valence-corrected chi connectivity index (χ3v) is 7.34. The van der Waals surface area contributed by atoms with E-state index in [4.69, 9.17) is 4.74 Å². The minimum atomic E-state index is -2.64. The molecular formula is C21H21O2P. The Balaban J connectivity index is 1.89. The molecule has 0 amide bonds. The molecule has 0 aromatic heterocycles. The van der Waals surface area contributed by atoms with Crippen LogP contribution in [0.3, 0.4) is 0 Å². The largest absolute Gasteiger partial charge is 0.497 e. The summed E-state index contributed by atoms with van der Waals surface area (Å²) >= 11 is 0. The van der Waals surface area contributed by atoms with Crippen molar-refractivity contribution in [2.75, 3.05) is 13.3 Å². The third-order valence-electron chi connectivity index (χ3n) is 4.22. The number of hydrogen-bond donors (Lipinski definition) is 0. The van der Waals surface area contributed by atoms with Crippen LogP contribution in [0.4, 0.5) is 0 Å². The molecule has 0 heterocycles. The van der Waals surface area contributed by atoms with Crippen molar-refractivity contribution in [2.45, 2.75) is 6.42 Å². The summed E-state index contributed by atoms with van der Waals surface area (Å²) in [6.07, 6.45) is 1.39. The van der Waals surface area contributed by atoms with Gasteiger partial charge in [0.25, 0.3) is 0 Å². The lowest BCUT2D eigenvalue weighted by Gasteiger charge is -2.19. The van der Waals surface area contributed by atoms with Gasteiger partial charge in [-0.15, -0.1) is 0 Å². The average Bonchev–Trinajstić information content (AvgIpc) is 2.68. The molecule has 3 rings (SSSR count). The van der Waals surface area contributed by atoms with Crippen molar-refractivity contribution in [3.8, 4) is 5.75 Å². The summed E-state index contributed by atoms with van der Waals surface area (Å²) in [5.74, 6) is 0.841. The zero-order chi connectivity index (χ0) is 16.8. The number of ether oxygens (including phenoxy) is 1. The summed E-state index contributed by atoms with van der Waals surface area (Å²) in [6, 6.07) is 27.6. The second kappa shape index (κ2) is 7.51. The van der Waals surface area contributed by atoms with Crippen LogP contribution in [0.15, 0.2) is 84.9 Å². The minimum absolute atomic E-state index is 0.618. The Bertz CT molecular complexity index is 768. The van der Waals surface area contributed by atoms with Crippen LogP contribution in [0.5, 0.6) is 5.75 Å². The topological polar surface area (TPSA) is 26.3 Å². The molecular weight excluding hydrogens is 315 g/mol. The molecule has 3 aromatic carbocycles. The first-order valence-electron chi connectivity index (χ1n) is 8.05. The molecule has 122 valence electrons. The maximum atomic E-state index is 13.9. The second-order valence-electron chi connectivity index (χ2n) is 5.73. The lowest BCUT2D eigenvalue weighted by atomic mass is 10.2. The van der Waals surface area contributed by atoms with Gasteiger partial charge >= 0.3 is 0 Å². The Kier molecular flexibility index (Phi) is 5.17. The van der Waals surface area contributed by atoms with Crippen LogP contribution in [-0.4, -0.2) is 13.3 Å². The van der Waals surface area contributed by atoms with Crippen molar-refractivity contribution in [3.05, 3.63) is 90.5 Å². The predicted molar refractivity (Wildman–Crippen MR) is 101 cm³/mol. The van der Waals surface area contributed by atoms with Gasteiger partial charge in [0.05, 0.1) is 7.11 Å². The molecule has 0 aliphatic heterocycles. The van der Waals surface area contributed by atoms with E-state index >= 15 is 0 Å². The van der Waals surface area contributed by atoms with E-state index < -0.39 is 7.14 Å². The molecule has 0 saturated carbocycles. The molecule has 3 heteroatoms. The Morgan fingerprint density at radius 1 is 0.750 bits per heavy atom. The lowest BCUT2D eigenvalue weighted by Crippen LogP contribution is -2.19. The quantitative estimate of drug-likeness (QED) is 0.629. The Hall–Kier alpha value is -2.31. The van der Waals surface area contributed by atoms with E-state index in [9.17, 15) is 4.57 Å². The fourth-order valence-corrected chi connectivity index (χ4v) is 5.52. The number of methoxy groups -OCH3 is 1. The second-order valence-corrected chi connectivity index (χ2v) is 8.69. The predicted octanol–water partition coefficient (Wildman–Crippen LogP) is 4.25. The maximum Gasteiger partial charge on any atom is 0.143 e. The Labute approximate surface area is 143 Å². The Morgan fingerprint density at radius 3 is 1.71 bits per heavy atom. The van der Waals surface area contributed by atoms with Crippen LogP contribution in [0.25, 0.3) is 0 Å². The molecule has 0 fully saturated rings. The van der Waals surface area contributed by atoms with Gasteiger partial charge in [0.1, 0.15) is 12.9 Å². The van der Waals surface area contributed by atoms with Gasteiger partial charge in [-0.2, -0.15) is 0 Å². The molecule has 0 unspecified atom stereocenters. The van der Waals surface area contributed by atoms with E-state index in [0.717, 1.165) is 22.8 Å². The van der Waals surface area contributed by atoms with Gasteiger partial charge in [-0.05, 0) is 24.1 Å². The lowest BCUT2D eigenvalue weighted by molar-refractivity contribution is 0.414. The smallest absolute Gasteiger partial charge is 0.143 e. The molecule has 0 atom stereocenters. The van der Waals surface area contributed by atoms with Gasteiger partial charge in [-0.3, -0.25) is 0 Å². The minimum Gasteiger partial charge on any atom is -0.497 e. The average molecular weight is 336 g/mol. The van der Waals surface area contributed by atoms with Gasteiger partial charge in [0.15, 0.2) is 0 Å². The SMILES string of the molecule is COc1ccc(CCP(=O)(c2ccccc2)c2ccccc2)cc1. The molecule has 3 aromatic rings. The summed E-state index contributed by atoms with van der Waals surface area (Å²) in [5.41, 5.74) is 1.17. The highest BCUT2D eigenvalue weighted by molar-refractivity contribution is 7.78. The van der Waals surface area contributed by atoms with Crippen molar-refractivity contribution in [1.82, 2.24) is 0 Å². The van der Waals surface area contributed by atoms with Gasteiger partial charge in [-0.1, -0.05) is 72.8 Å². The van der Waals surface area contributed by atoms with E-state index in [1.54, 1.807) is 7.11 Å². The van der Waals surface area contributed by atoms with Crippen molar-refractivity contribution in [1.29, 1.82) is 0 Å². The van der Waals surface area contributed by atoms with Crippen LogP contribution in [0.2, 0.25) is 0 Å². The van der Waals surface area contributed by atoms with Gasteiger partial charge in [0, 0.05) is 16.8 Å². The molecule has 0 aliphatic rings. The fourth-order valence-electron chi connectivity index (χ4n) is 2.82. The summed E-state index contributed by atoms with van der Waals surface area (Å²) < 4.78 is 19.1. The molecule has 0 N–H and O–H groups in total. The van der Waals surface area contributed by atoms with E-state index in [1.807, 2.05) is 84.9 Å². The van der Waals surface area contributed by atoms with Crippen molar-refractivity contribution >= 4 is 17.8 Å². The molecule has 0 saturated heterocycles. The van der Waals surface area contributed by atoms with E-state index in [0.29, 0.717) is 6.16 Å². The number of benzene rings is 3. The van der Waals surface area contributed by atoms with Crippen LogP contribution in [0.1, 0.15) is 5.56 Å². The standard InChI is InChI=1S/C21H21O2P/c1-23-19-14-12-18(13-15-19)16-17-24(22,20-8-4-2-5-9-20)21-10-6-3-7-11-21/h2-15H,16-17H2,1H3. The Morgan fingerprint density at radius 2 is 1.25 bits per heavy atom. The van der Waals surface area contributed by atoms with Crippen LogP contribution >= 0.6 is 7.14 Å². The molecule has 0 aliphatic carbocycles. The van der Waals surface area contributed by atoms with Crippen LogP contribution < -0.4 is 15.3 Å². The van der Waals surface area contributed by atoms with Gasteiger partial charge in [-0.25, -0.2) is 0 Å². The van der Waals surface area contributed by atoms with Crippen molar-refractivity contribution < 1.29 is 9.30 Å². The number of rotatable bonds is 6. The van der Waals surface area contributed by atoms with E-state index in [-0.39, 0.29) is 0 Å². The van der Waals surface area contributed by atoms with Gasteiger partial charge in [0.2, 0.25) is 0 Å². The number of aryl methyl sites for hydroxylation is 1. The normalized spacial score (nSPS) is 11.2. The molecule has 2 nitrogen and oxygen atoms in total. The van der Waals surface area contributed by atoms with Crippen LogP contribution in [0, 0.1) is 0 Å². The van der Waals surface area contributed by atoms with Gasteiger partial charge < -0.3 is 9.30 Å². The summed E-state index contributed by atoms with van der Waals surface area (Å²) in [5, 5.41) is 1.84. The van der Waals surface area contributed by atoms with Crippen molar-refractivity contribution in [2.24, 2.45) is 0 Å². The summed E-state index contributed by atoms with van der Waals surface area (Å²) in [7, 11) is -0.979. The van der Waals surface area contributed by atoms with Crippen molar-refractivity contribution in [3.63, 3.8) is 0 Å². The highest BCUT2D eigenvalue weighted by atomic mass is 31.2. The first-order chi connectivity index (χ1) is 11.7.